The predicted molar refractivity (Wildman–Crippen MR) is 90.2 cm³/mol. The summed E-state index contributed by atoms with van der Waals surface area (Å²) in [6, 6.07) is 5.72. The Morgan fingerprint density at radius 3 is 2.59 bits per heavy atom. The van der Waals surface area contributed by atoms with Crippen molar-refractivity contribution >= 4 is 17.3 Å². The number of benzene rings is 1. The Hall–Kier alpha value is -1.81. The van der Waals surface area contributed by atoms with E-state index in [2.05, 4.69) is 6.92 Å². The van der Waals surface area contributed by atoms with Gasteiger partial charge in [0.25, 0.3) is 0 Å². The molecule has 0 fully saturated rings. The zero-order chi connectivity index (χ0) is 16.3. The molecule has 1 atom stereocenters. The summed E-state index contributed by atoms with van der Waals surface area (Å²) in [5, 5.41) is 20.8. The molecule has 2 rings (SSSR count). The molecule has 118 valence electrons. The number of aromatic carboxylic acids is 1. The van der Waals surface area contributed by atoms with Crippen LogP contribution in [0.5, 0.6) is 5.75 Å². The van der Waals surface area contributed by atoms with Crippen molar-refractivity contribution in [1.82, 2.24) is 0 Å². The van der Waals surface area contributed by atoms with Gasteiger partial charge in [-0.3, -0.25) is 0 Å². The largest absolute Gasteiger partial charge is 0.508 e. The first-order valence-electron chi connectivity index (χ1n) is 7.53. The standard InChI is InChI=1S/C18H22O3S/c1-4-14(15-10-22-17(12(15)3)18(20)21)7-5-13-6-8-16(19)11(2)9-13/h6,8-10,14,19H,4-5,7H2,1-3H3,(H,20,21). The molecule has 1 heterocycles. The molecule has 2 aromatic rings. The number of hydrogen-bond acceptors (Lipinski definition) is 3. The van der Waals surface area contributed by atoms with Gasteiger partial charge in [-0.25, -0.2) is 4.79 Å². The van der Waals surface area contributed by atoms with Crippen LogP contribution in [0, 0.1) is 13.8 Å². The number of hydrogen-bond donors (Lipinski definition) is 2. The van der Waals surface area contributed by atoms with E-state index in [1.54, 1.807) is 6.07 Å². The predicted octanol–water partition coefficient (Wildman–Crippen LogP) is 4.90. The minimum absolute atomic E-state index is 0.329. The molecule has 0 aliphatic heterocycles. The molecule has 1 aromatic carbocycles. The molecule has 1 aromatic heterocycles. The Morgan fingerprint density at radius 1 is 1.32 bits per heavy atom. The van der Waals surface area contributed by atoms with Crippen LogP contribution in [0.1, 0.15) is 57.6 Å². The number of carboxylic acids is 1. The number of carboxylic acid groups (broad SMARTS) is 1. The number of carbonyl (C=O) groups is 1. The van der Waals surface area contributed by atoms with Crippen molar-refractivity contribution in [1.29, 1.82) is 0 Å². The van der Waals surface area contributed by atoms with E-state index < -0.39 is 5.97 Å². The van der Waals surface area contributed by atoms with Crippen molar-refractivity contribution in [3.63, 3.8) is 0 Å². The fourth-order valence-electron chi connectivity index (χ4n) is 2.84. The lowest BCUT2D eigenvalue weighted by Crippen LogP contribution is -2.02. The van der Waals surface area contributed by atoms with Crippen molar-refractivity contribution in [2.24, 2.45) is 0 Å². The van der Waals surface area contributed by atoms with E-state index in [1.807, 2.05) is 31.4 Å². The Morgan fingerprint density at radius 2 is 2.05 bits per heavy atom. The molecule has 3 nitrogen and oxygen atoms in total. The van der Waals surface area contributed by atoms with Gasteiger partial charge in [-0.05, 0) is 72.7 Å². The SMILES string of the molecule is CCC(CCc1ccc(O)c(C)c1)c1csc(C(=O)O)c1C. The summed E-state index contributed by atoms with van der Waals surface area (Å²) in [4.78, 5) is 11.6. The first-order chi connectivity index (χ1) is 10.4. The summed E-state index contributed by atoms with van der Waals surface area (Å²) in [7, 11) is 0. The second kappa shape index (κ2) is 6.97. The number of phenolic OH excluding ortho intramolecular Hbond substituents is 1. The van der Waals surface area contributed by atoms with Crippen molar-refractivity contribution in [2.45, 2.75) is 46.0 Å². The van der Waals surface area contributed by atoms with Gasteiger partial charge in [-0.1, -0.05) is 19.1 Å². The normalized spacial score (nSPS) is 12.3. The van der Waals surface area contributed by atoms with Crippen LogP contribution in [0.25, 0.3) is 0 Å². The van der Waals surface area contributed by atoms with E-state index >= 15 is 0 Å². The van der Waals surface area contributed by atoms with Gasteiger partial charge in [0.2, 0.25) is 0 Å². The summed E-state index contributed by atoms with van der Waals surface area (Å²) < 4.78 is 0. The van der Waals surface area contributed by atoms with Crippen molar-refractivity contribution < 1.29 is 15.0 Å². The van der Waals surface area contributed by atoms with E-state index in [0.29, 0.717) is 16.5 Å². The van der Waals surface area contributed by atoms with Crippen molar-refractivity contribution in [3.05, 3.63) is 50.7 Å². The highest BCUT2D eigenvalue weighted by molar-refractivity contribution is 7.12. The van der Waals surface area contributed by atoms with Gasteiger partial charge in [-0.2, -0.15) is 0 Å². The molecular weight excluding hydrogens is 296 g/mol. The van der Waals surface area contributed by atoms with Crippen LogP contribution in [0.15, 0.2) is 23.6 Å². The fourth-order valence-corrected chi connectivity index (χ4v) is 3.85. The lowest BCUT2D eigenvalue weighted by atomic mass is 9.89. The average molecular weight is 318 g/mol. The first-order valence-corrected chi connectivity index (χ1v) is 8.41. The quantitative estimate of drug-likeness (QED) is 0.797. The second-order valence-corrected chi connectivity index (χ2v) is 6.59. The lowest BCUT2D eigenvalue weighted by Gasteiger charge is -2.15. The third-order valence-corrected chi connectivity index (χ3v) is 5.34. The highest BCUT2D eigenvalue weighted by atomic mass is 32.1. The number of thiophene rings is 1. The molecule has 0 saturated heterocycles. The van der Waals surface area contributed by atoms with E-state index in [9.17, 15) is 15.0 Å². The van der Waals surface area contributed by atoms with E-state index in [4.69, 9.17) is 0 Å². The van der Waals surface area contributed by atoms with Gasteiger partial charge in [0.05, 0.1) is 0 Å². The zero-order valence-electron chi connectivity index (χ0n) is 13.2. The summed E-state index contributed by atoms with van der Waals surface area (Å²) in [5.41, 5.74) is 4.18. The highest BCUT2D eigenvalue weighted by Crippen LogP contribution is 2.33. The monoisotopic (exact) mass is 318 g/mol. The topological polar surface area (TPSA) is 57.5 Å². The summed E-state index contributed by atoms with van der Waals surface area (Å²) in [6.45, 7) is 5.95. The Kier molecular flexibility index (Phi) is 5.24. The number of rotatable bonds is 6. The van der Waals surface area contributed by atoms with Crippen LogP contribution in [0.2, 0.25) is 0 Å². The van der Waals surface area contributed by atoms with Crippen LogP contribution < -0.4 is 0 Å². The van der Waals surface area contributed by atoms with Gasteiger partial charge in [-0.15, -0.1) is 11.3 Å². The molecule has 0 aliphatic carbocycles. The Balaban J connectivity index is 2.12. The molecule has 4 heteroatoms. The maximum atomic E-state index is 11.2. The third kappa shape index (κ3) is 3.50. The summed E-state index contributed by atoms with van der Waals surface area (Å²) in [5.74, 6) is -0.133. The summed E-state index contributed by atoms with van der Waals surface area (Å²) >= 11 is 1.32. The van der Waals surface area contributed by atoms with Gasteiger partial charge in [0.15, 0.2) is 0 Å². The highest BCUT2D eigenvalue weighted by Gasteiger charge is 2.19. The van der Waals surface area contributed by atoms with Gasteiger partial charge in [0.1, 0.15) is 10.6 Å². The molecular formula is C18H22O3S. The maximum absolute atomic E-state index is 11.2. The van der Waals surface area contributed by atoms with E-state index in [0.717, 1.165) is 30.4 Å². The van der Waals surface area contributed by atoms with Crippen LogP contribution in [-0.4, -0.2) is 16.2 Å². The molecule has 0 amide bonds. The van der Waals surface area contributed by atoms with Gasteiger partial charge < -0.3 is 10.2 Å². The average Bonchev–Trinajstić information content (AvgIpc) is 2.85. The minimum atomic E-state index is -0.835. The number of aryl methyl sites for hydroxylation is 2. The van der Waals surface area contributed by atoms with Crippen LogP contribution in [0.4, 0.5) is 0 Å². The van der Waals surface area contributed by atoms with E-state index in [1.165, 1.54) is 22.5 Å². The smallest absolute Gasteiger partial charge is 0.346 e. The molecule has 0 saturated carbocycles. The van der Waals surface area contributed by atoms with Crippen molar-refractivity contribution in [2.75, 3.05) is 0 Å². The van der Waals surface area contributed by atoms with E-state index in [-0.39, 0.29) is 0 Å². The molecule has 0 aliphatic rings. The van der Waals surface area contributed by atoms with Gasteiger partial charge in [0, 0.05) is 0 Å². The Bertz CT molecular complexity index is 673. The molecule has 0 spiro atoms. The molecule has 2 N–H and O–H groups in total. The molecule has 1 unspecified atom stereocenters. The number of aromatic hydroxyl groups is 1. The van der Waals surface area contributed by atoms with Gasteiger partial charge >= 0.3 is 5.97 Å². The molecule has 0 radical (unpaired) electrons. The lowest BCUT2D eigenvalue weighted by molar-refractivity contribution is 0.0701. The minimum Gasteiger partial charge on any atom is -0.508 e. The molecule has 0 bridgehead atoms. The van der Waals surface area contributed by atoms with Crippen LogP contribution in [0.3, 0.4) is 0 Å². The maximum Gasteiger partial charge on any atom is 0.346 e. The van der Waals surface area contributed by atoms with Crippen LogP contribution in [-0.2, 0) is 6.42 Å². The second-order valence-electron chi connectivity index (χ2n) is 5.72. The first kappa shape index (κ1) is 16.6. The van der Waals surface area contributed by atoms with Crippen molar-refractivity contribution in [3.8, 4) is 5.75 Å². The number of phenols is 1. The summed E-state index contributed by atoms with van der Waals surface area (Å²) in [6.07, 6.45) is 2.91. The Labute approximate surface area is 135 Å². The zero-order valence-corrected chi connectivity index (χ0v) is 14.0. The molecule has 22 heavy (non-hydrogen) atoms. The third-order valence-electron chi connectivity index (χ3n) is 4.25. The van der Waals surface area contributed by atoms with Crippen LogP contribution >= 0.6 is 11.3 Å². The fraction of sp³-hybridized carbons (Fsp3) is 0.389.